The van der Waals surface area contributed by atoms with Gasteiger partial charge >= 0.3 is 0 Å². The molecule has 4 heteroatoms. The quantitative estimate of drug-likeness (QED) is 0.742. The van der Waals surface area contributed by atoms with Gasteiger partial charge in [0.25, 0.3) is 0 Å². The van der Waals surface area contributed by atoms with Crippen molar-refractivity contribution in [3.8, 4) is 0 Å². The molecule has 1 heterocycles. The Morgan fingerprint density at radius 2 is 2.43 bits per heavy atom. The number of pyridine rings is 1. The van der Waals surface area contributed by atoms with Gasteiger partial charge in [0.2, 0.25) is 5.91 Å². The second kappa shape index (κ2) is 4.50. The van der Waals surface area contributed by atoms with Crippen molar-refractivity contribution in [2.45, 2.75) is 13.0 Å². The Hall–Kier alpha value is -1.71. The number of carbonyl (C=O) groups excluding carboxylic acids is 1. The summed E-state index contributed by atoms with van der Waals surface area (Å²) in [4.78, 5) is 14.6. The van der Waals surface area contributed by atoms with E-state index in [1.54, 1.807) is 6.92 Å². The van der Waals surface area contributed by atoms with Gasteiger partial charge in [0.15, 0.2) is 0 Å². The number of hydrogen-bond acceptors (Lipinski definition) is 2. The van der Waals surface area contributed by atoms with Gasteiger partial charge in [0, 0.05) is 6.20 Å². The van der Waals surface area contributed by atoms with E-state index in [9.17, 15) is 9.18 Å². The van der Waals surface area contributed by atoms with E-state index in [2.05, 4.69) is 16.9 Å². The first-order valence-corrected chi connectivity index (χ1v) is 4.17. The fraction of sp³-hybridized carbons (Fsp3) is 0.200. The largest absolute Gasteiger partial charge is 0.346 e. The Morgan fingerprint density at radius 3 is 3.00 bits per heavy atom. The summed E-state index contributed by atoms with van der Waals surface area (Å²) < 4.78 is 12.8. The molecule has 0 spiro atoms. The minimum atomic E-state index is -0.415. The van der Waals surface area contributed by atoms with Crippen LogP contribution in [0.1, 0.15) is 18.5 Å². The molecule has 14 heavy (non-hydrogen) atoms. The summed E-state index contributed by atoms with van der Waals surface area (Å²) in [5, 5.41) is 2.61. The highest BCUT2D eigenvalue weighted by Gasteiger charge is 2.07. The number of amides is 1. The molecule has 0 bridgehead atoms. The van der Waals surface area contributed by atoms with E-state index in [4.69, 9.17) is 0 Å². The Bertz CT molecular complexity index is 352. The van der Waals surface area contributed by atoms with Crippen LogP contribution < -0.4 is 5.32 Å². The zero-order valence-corrected chi connectivity index (χ0v) is 7.83. The molecule has 0 fully saturated rings. The van der Waals surface area contributed by atoms with Gasteiger partial charge in [-0.15, -0.1) is 0 Å². The van der Waals surface area contributed by atoms with Crippen LogP contribution in [0.5, 0.6) is 0 Å². The third kappa shape index (κ3) is 2.65. The Morgan fingerprint density at radius 1 is 1.71 bits per heavy atom. The second-order valence-electron chi connectivity index (χ2n) is 2.87. The highest BCUT2D eigenvalue weighted by atomic mass is 19.1. The molecule has 1 amide bonds. The lowest BCUT2D eigenvalue weighted by Gasteiger charge is -2.11. The fourth-order valence-corrected chi connectivity index (χ4v) is 1.02. The van der Waals surface area contributed by atoms with E-state index in [1.807, 2.05) is 0 Å². The third-order valence-corrected chi connectivity index (χ3v) is 1.77. The predicted octanol–water partition coefficient (Wildman–Crippen LogP) is 1.58. The monoisotopic (exact) mass is 194 g/mol. The summed E-state index contributed by atoms with van der Waals surface area (Å²) in [6.07, 6.45) is 3.80. The third-order valence-electron chi connectivity index (χ3n) is 1.77. The van der Waals surface area contributed by atoms with Crippen molar-refractivity contribution in [1.29, 1.82) is 0 Å². The Balaban J connectivity index is 2.74. The fourth-order valence-electron chi connectivity index (χ4n) is 1.02. The lowest BCUT2D eigenvalue weighted by Crippen LogP contribution is -2.24. The molecule has 74 valence electrons. The van der Waals surface area contributed by atoms with Crippen molar-refractivity contribution in [3.05, 3.63) is 42.5 Å². The van der Waals surface area contributed by atoms with Crippen LogP contribution in [0.3, 0.4) is 0 Å². The van der Waals surface area contributed by atoms with Crippen molar-refractivity contribution in [2.75, 3.05) is 0 Å². The molecule has 0 saturated heterocycles. The van der Waals surface area contributed by atoms with Gasteiger partial charge in [-0.2, -0.15) is 0 Å². The van der Waals surface area contributed by atoms with E-state index in [0.717, 1.165) is 6.20 Å². The topological polar surface area (TPSA) is 42.0 Å². The van der Waals surface area contributed by atoms with Gasteiger partial charge in [-0.1, -0.05) is 6.58 Å². The van der Waals surface area contributed by atoms with E-state index in [0.29, 0.717) is 5.56 Å². The molecule has 3 nitrogen and oxygen atoms in total. The van der Waals surface area contributed by atoms with Gasteiger partial charge < -0.3 is 5.32 Å². The maximum absolute atomic E-state index is 12.8. The number of halogens is 1. The number of carbonyl (C=O) groups is 1. The average Bonchev–Trinajstić information content (AvgIpc) is 2.17. The van der Waals surface area contributed by atoms with E-state index < -0.39 is 5.82 Å². The summed E-state index contributed by atoms with van der Waals surface area (Å²) in [5.74, 6) is -0.705. The summed E-state index contributed by atoms with van der Waals surface area (Å²) >= 11 is 0. The first-order chi connectivity index (χ1) is 6.63. The van der Waals surface area contributed by atoms with Crippen LogP contribution in [0.4, 0.5) is 4.39 Å². The molecule has 0 unspecified atom stereocenters. The van der Waals surface area contributed by atoms with Crippen LogP contribution in [0.15, 0.2) is 31.1 Å². The lowest BCUT2D eigenvalue weighted by molar-refractivity contribution is -0.117. The van der Waals surface area contributed by atoms with E-state index in [-0.39, 0.29) is 11.9 Å². The first-order valence-electron chi connectivity index (χ1n) is 4.17. The summed E-state index contributed by atoms with van der Waals surface area (Å²) in [5.41, 5.74) is 0.625. The normalized spacial score (nSPS) is 11.9. The van der Waals surface area contributed by atoms with Gasteiger partial charge in [-0.3, -0.25) is 9.78 Å². The molecular formula is C10H11FN2O. The van der Waals surface area contributed by atoms with Crippen molar-refractivity contribution >= 4 is 5.91 Å². The standard InChI is InChI=1S/C10H11FN2O/c1-3-10(14)13-7(2)8-4-9(11)6-12-5-8/h3-7H,1H2,2H3,(H,13,14)/t7-/m0/s1. The van der Waals surface area contributed by atoms with Crippen LogP contribution in [-0.2, 0) is 4.79 Å². The van der Waals surface area contributed by atoms with Gasteiger partial charge in [0.1, 0.15) is 5.82 Å². The number of hydrogen-bond donors (Lipinski definition) is 1. The molecular weight excluding hydrogens is 183 g/mol. The van der Waals surface area contributed by atoms with Crippen LogP contribution in [0.25, 0.3) is 0 Å². The maximum Gasteiger partial charge on any atom is 0.243 e. The molecule has 1 aromatic rings. The molecule has 1 atom stereocenters. The molecule has 0 aromatic carbocycles. The Labute approximate surface area is 81.7 Å². The van der Waals surface area contributed by atoms with Crippen molar-refractivity contribution in [1.82, 2.24) is 10.3 Å². The van der Waals surface area contributed by atoms with Crippen LogP contribution in [0, 0.1) is 5.82 Å². The lowest BCUT2D eigenvalue weighted by atomic mass is 10.1. The highest BCUT2D eigenvalue weighted by molar-refractivity contribution is 5.87. The summed E-state index contributed by atoms with van der Waals surface area (Å²) in [6.45, 7) is 5.07. The Kier molecular flexibility index (Phi) is 3.34. The molecule has 1 aromatic heterocycles. The predicted molar refractivity (Wildman–Crippen MR) is 50.9 cm³/mol. The summed E-state index contributed by atoms with van der Waals surface area (Å²) in [6, 6.07) is 1.06. The zero-order valence-electron chi connectivity index (χ0n) is 7.83. The summed E-state index contributed by atoms with van der Waals surface area (Å²) in [7, 11) is 0. The van der Waals surface area contributed by atoms with Crippen LogP contribution >= 0.6 is 0 Å². The van der Waals surface area contributed by atoms with Gasteiger partial charge in [-0.25, -0.2) is 4.39 Å². The van der Waals surface area contributed by atoms with Crippen molar-refractivity contribution < 1.29 is 9.18 Å². The first kappa shape index (κ1) is 10.4. The highest BCUT2D eigenvalue weighted by Crippen LogP contribution is 2.11. The van der Waals surface area contributed by atoms with Crippen molar-refractivity contribution in [2.24, 2.45) is 0 Å². The SMILES string of the molecule is C=CC(=O)N[C@@H](C)c1cncc(F)c1. The molecule has 0 aliphatic carbocycles. The second-order valence-corrected chi connectivity index (χ2v) is 2.87. The van der Waals surface area contributed by atoms with Crippen LogP contribution in [-0.4, -0.2) is 10.9 Å². The van der Waals surface area contributed by atoms with Crippen LogP contribution in [0.2, 0.25) is 0 Å². The minimum Gasteiger partial charge on any atom is -0.346 e. The zero-order chi connectivity index (χ0) is 10.6. The number of aromatic nitrogens is 1. The van der Waals surface area contributed by atoms with E-state index in [1.165, 1.54) is 18.3 Å². The average molecular weight is 194 g/mol. The van der Waals surface area contributed by atoms with Crippen molar-refractivity contribution in [3.63, 3.8) is 0 Å². The smallest absolute Gasteiger partial charge is 0.243 e. The van der Waals surface area contributed by atoms with Gasteiger partial charge in [0.05, 0.1) is 12.2 Å². The molecule has 0 saturated carbocycles. The molecule has 0 aliphatic heterocycles. The van der Waals surface area contributed by atoms with E-state index >= 15 is 0 Å². The number of nitrogens with zero attached hydrogens (tertiary/aromatic N) is 1. The number of nitrogens with one attached hydrogen (secondary N) is 1. The molecule has 1 rings (SSSR count). The molecule has 1 N–H and O–H groups in total. The minimum absolute atomic E-state index is 0.274. The number of rotatable bonds is 3. The van der Waals surface area contributed by atoms with Gasteiger partial charge in [-0.05, 0) is 24.6 Å². The molecule has 0 aliphatic rings. The molecule has 0 radical (unpaired) electrons. The maximum atomic E-state index is 12.8.